The fourth-order valence-electron chi connectivity index (χ4n) is 2.32. The Balaban J connectivity index is 2.28. The summed E-state index contributed by atoms with van der Waals surface area (Å²) < 4.78 is 0. The molecule has 90 valence electrons. The summed E-state index contributed by atoms with van der Waals surface area (Å²) in [6, 6.07) is 0.733. The number of rotatable bonds is 5. The van der Waals surface area contributed by atoms with Gasteiger partial charge in [0.2, 0.25) is 0 Å². The van der Waals surface area contributed by atoms with Crippen LogP contribution in [-0.4, -0.2) is 49.1 Å². The van der Waals surface area contributed by atoms with Crippen molar-refractivity contribution in [1.29, 1.82) is 0 Å². The topological polar surface area (TPSA) is 15.3 Å². The Labute approximate surface area is 99.2 Å². The molecule has 15 heavy (non-hydrogen) atoms. The fraction of sp³-hybridized carbons (Fsp3) is 1.00. The highest BCUT2D eigenvalue weighted by Crippen LogP contribution is 2.27. The van der Waals surface area contributed by atoms with Gasteiger partial charge in [-0.2, -0.15) is 11.8 Å². The molecule has 0 bridgehead atoms. The Bertz CT molecular complexity index is 192. The van der Waals surface area contributed by atoms with Gasteiger partial charge in [-0.1, -0.05) is 20.8 Å². The molecule has 0 aliphatic carbocycles. The van der Waals surface area contributed by atoms with Crippen molar-refractivity contribution >= 4 is 11.8 Å². The smallest absolute Gasteiger partial charge is 0.0191 e. The van der Waals surface area contributed by atoms with Crippen molar-refractivity contribution in [3.05, 3.63) is 0 Å². The molecule has 3 heteroatoms. The van der Waals surface area contributed by atoms with Crippen molar-refractivity contribution in [3.63, 3.8) is 0 Å². The zero-order valence-electron chi connectivity index (χ0n) is 10.8. The molecule has 1 aliphatic rings. The number of thioether (sulfide) groups is 1. The highest BCUT2D eigenvalue weighted by molar-refractivity contribution is 8.00. The summed E-state index contributed by atoms with van der Waals surface area (Å²) in [6.45, 7) is 9.29. The third-order valence-electron chi connectivity index (χ3n) is 2.96. The molecule has 0 radical (unpaired) electrons. The minimum Gasteiger partial charge on any atom is -0.312 e. The second-order valence-corrected chi connectivity index (χ2v) is 7.24. The molecule has 1 saturated heterocycles. The van der Waals surface area contributed by atoms with E-state index in [2.05, 4.69) is 56.8 Å². The van der Waals surface area contributed by atoms with Gasteiger partial charge < -0.3 is 10.2 Å². The highest BCUT2D eigenvalue weighted by atomic mass is 32.2. The molecule has 0 spiro atoms. The zero-order chi connectivity index (χ0) is 11.5. The van der Waals surface area contributed by atoms with Crippen LogP contribution < -0.4 is 5.32 Å². The van der Waals surface area contributed by atoms with E-state index in [0.717, 1.165) is 24.4 Å². The predicted octanol–water partition coefficient (Wildman–Crippen LogP) is 2.06. The van der Waals surface area contributed by atoms with Crippen LogP contribution in [-0.2, 0) is 0 Å². The van der Waals surface area contributed by atoms with Crippen molar-refractivity contribution in [3.8, 4) is 0 Å². The Morgan fingerprint density at radius 2 is 2.07 bits per heavy atom. The SMILES string of the molecule is CC1SCCC1NCC(C)(C)CN(C)C. The van der Waals surface area contributed by atoms with Crippen LogP contribution in [0.2, 0.25) is 0 Å². The Morgan fingerprint density at radius 1 is 1.40 bits per heavy atom. The Kier molecular flexibility index (Phi) is 4.94. The molecular formula is C12H26N2S. The molecule has 0 aromatic heterocycles. The van der Waals surface area contributed by atoms with Gasteiger partial charge in [0.15, 0.2) is 0 Å². The average Bonchev–Trinajstić information content (AvgIpc) is 2.45. The first-order valence-electron chi connectivity index (χ1n) is 5.90. The summed E-state index contributed by atoms with van der Waals surface area (Å²) in [5, 5.41) is 4.52. The van der Waals surface area contributed by atoms with Crippen molar-refractivity contribution in [2.45, 2.75) is 38.5 Å². The van der Waals surface area contributed by atoms with Gasteiger partial charge in [-0.3, -0.25) is 0 Å². The summed E-state index contributed by atoms with van der Waals surface area (Å²) in [6.07, 6.45) is 1.34. The summed E-state index contributed by atoms with van der Waals surface area (Å²) in [5.41, 5.74) is 0.372. The van der Waals surface area contributed by atoms with Crippen LogP contribution in [0.4, 0.5) is 0 Å². The first-order valence-corrected chi connectivity index (χ1v) is 6.95. The molecular weight excluding hydrogens is 204 g/mol. The molecule has 0 aromatic rings. The molecule has 2 unspecified atom stereocenters. The van der Waals surface area contributed by atoms with Gasteiger partial charge in [0.25, 0.3) is 0 Å². The van der Waals surface area contributed by atoms with E-state index in [1.54, 1.807) is 0 Å². The van der Waals surface area contributed by atoms with E-state index in [1.165, 1.54) is 12.2 Å². The van der Waals surface area contributed by atoms with E-state index in [1.807, 2.05) is 0 Å². The lowest BCUT2D eigenvalue weighted by molar-refractivity contribution is 0.225. The lowest BCUT2D eigenvalue weighted by atomic mass is 9.92. The third-order valence-corrected chi connectivity index (χ3v) is 4.29. The van der Waals surface area contributed by atoms with E-state index in [0.29, 0.717) is 5.41 Å². The van der Waals surface area contributed by atoms with Crippen LogP contribution in [0.1, 0.15) is 27.2 Å². The first-order chi connectivity index (χ1) is 6.91. The molecule has 2 atom stereocenters. The molecule has 0 amide bonds. The molecule has 2 nitrogen and oxygen atoms in total. The molecule has 1 aliphatic heterocycles. The average molecular weight is 230 g/mol. The standard InChI is InChI=1S/C12H26N2S/c1-10-11(6-7-15-10)13-8-12(2,3)9-14(4)5/h10-11,13H,6-9H2,1-5H3. The number of nitrogens with one attached hydrogen (secondary N) is 1. The first kappa shape index (κ1) is 13.3. The van der Waals surface area contributed by atoms with Gasteiger partial charge in [-0.05, 0) is 31.7 Å². The van der Waals surface area contributed by atoms with E-state index in [9.17, 15) is 0 Å². The zero-order valence-corrected chi connectivity index (χ0v) is 11.7. The number of nitrogens with zero attached hydrogens (tertiary/aromatic N) is 1. The highest BCUT2D eigenvalue weighted by Gasteiger charge is 2.26. The summed E-state index contributed by atoms with van der Waals surface area (Å²) in [7, 11) is 4.30. The fourth-order valence-corrected chi connectivity index (χ4v) is 3.55. The van der Waals surface area contributed by atoms with Gasteiger partial charge in [-0.15, -0.1) is 0 Å². The summed E-state index contributed by atoms with van der Waals surface area (Å²) in [5.74, 6) is 1.33. The molecule has 0 aromatic carbocycles. The predicted molar refractivity (Wildman–Crippen MR) is 70.7 cm³/mol. The second-order valence-electron chi connectivity index (χ2n) is 5.75. The van der Waals surface area contributed by atoms with Crippen LogP contribution in [0.3, 0.4) is 0 Å². The van der Waals surface area contributed by atoms with Crippen LogP contribution in [0.25, 0.3) is 0 Å². The second kappa shape index (κ2) is 5.55. The minimum absolute atomic E-state index is 0.372. The molecule has 1 N–H and O–H groups in total. The minimum atomic E-state index is 0.372. The van der Waals surface area contributed by atoms with Crippen LogP contribution in [0.15, 0.2) is 0 Å². The lowest BCUT2D eigenvalue weighted by Gasteiger charge is -2.30. The van der Waals surface area contributed by atoms with Crippen LogP contribution in [0, 0.1) is 5.41 Å². The molecule has 1 fully saturated rings. The van der Waals surface area contributed by atoms with E-state index >= 15 is 0 Å². The normalized spacial score (nSPS) is 27.6. The van der Waals surface area contributed by atoms with Crippen LogP contribution >= 0.6 is 11.8 Å². The Morgan fingerprint density at radius 3 is 2.53 bits per heavy atom. The maximum atomic E-state index is 3.73. The molecule has 1 rings (SSSR count). The molecule has 1 heterocycles. The van der Waals surface area contributed by atoms with Crippen molar-refractivity contribution in [1.82, 2.24) is 10.2 Å². The maximum absolute atomic E-state index is 3.73. The number of hydrogen-bond acceptors (Lipinski definition) is 3. The largest absolute Gasteiger partial charge is 0.312 e. The molecule has 0 saturated carbocycles. The van der Waals surface area contributed by atoms with Gasteiger partial charge in [0, 0.05) is 24.4 Å². The van der Waals surface area contributed by atoms with Crippen LogP contribution in [0.5, 0.6) is 0 Å². The monoisotopic (exact) mass is 230 g/mol. The Hall–Kier alpha value is 0.270. The van der Waals surface area contributed by atoms with Gasteiger partial charge >= 0.3 is 0 Å². The van der Waals surface area contributed by atoms with E-state index in [4.69, 9.17) is 0 Å². The quantitative estimate of drug-likeness (QED) is 0.778. The third kappa shape index (κ3) is 4.75. The van der Waals surface area contributed by atoms with E-state index in [-0.39, 0.29) is 0 Å². The number of hydrogen-bond donors (Lipinski definition) is 1. The van der Waals surface area contributed by atoms with Crippen molar-refractivity contribution in [2.75, 3.05) is 32.9 Å². The van der Waals surface area contributed by atoms with Gasteiger partial charge in [-0.25, -0.2) is 0 Å². The van der Waals surface area contributed by atoms with Crippen molar-refractivity contribution in [2.24, 2.45) is 5.41 Å². The van der Waals surface area contributed by atoms with Gasteiger partial charge in [0.1, 0.15) is 0 Å². The van der Waals surface area contributed by atoms with Gasteiger partial charge in [0.05, 0.1) is 0 Å². The summed E-state index contributed by atoms with van der Waals surface area (Å²) in [4.78, 5) is 2.27. The summed E-state index contributed by atoms with van der Waals surface area (Å²) >= 11 is 2.10. The maximum Gasteiger partial charge on any atom is 0.0191 e. The van der Waals surface area contributed by atoms with E-state index < -0.39 is 0 Å². The lowest BCUT2D eigenvalue weighted by Crippen LogP contribution is -2.43. The van der Waals surface area contributed by atoms with Crippen molar-refractivity contribution < 1.29 is 0 Å².